The Hall–Kier alpha value is -2.54. The minimum Gasteiger partial charge on any atom is -0.323 e. The van der Waals surface area contributed by atoms with Gasteiger partial charge in [-0.1, -0.05) is 18.2 Å². The number of halogens is 1. The maximum absolute atomic E-state index is 13.5. The molecule has 2 aromatic heterocycles. The van der Waals surface area contributed by atoms with Crippen molar-refractivity contribution in [3.63, 3.8) is 0 Å². The molecule has 0 aliphatic carbocycles. The second-order valence-corrected chi connectivity index (χ2v) is 6.84. The number of carbonyl (C=O) groups is 1. The number of amides is 1. The molecule has 124 valence electrons. The molecule has 1 atom stereocenters. The van der Waals surface area contributed by atoms with Crippen LogP contribution in [0.15, 0.2) is 48.7 Å². The zero-order valence-electron chi connectivity index (χ0n) is 13.0. The maximum atomic E-state index is 13.5. The van der Waals surface area contributed by atoms with Crippen LogP contribution < -0.4 is 5.32 Å². The third-order valence-electron chi connectivity index (χ3n) is 3.49. The van der Waals surface area contributed by atoms with Crippen LogP contribution in [0.25, 0.3) is 5.65 Å². The molecular weight excluding hydrogens is 329 g/mol. The van der Waals surface area contributed by atoms with Crippen LogP contribution in [0.2, 0.25) is 0 Å². The van der Waals surface area contributed by atoms with Gasteiger partial charge < -0.3 is 9.72 Å². The van der Waals surface area contributed by atoms with Gasteiger partial charge in [0.15, 0.2) is 0 Å². The Morgan fingerprint density at radius 3 is 2.79 bits per heavy atom. The summed E-state index contributed by atoms with van der Waals surface area (Å²) < 4.78 is 27.6. The second-order valence-electron chi connectivity index (χ2n) is 5.38. The van der Waals surface area contributed by atoms with E-state index in [0.29, 0.717) is 5.69 Å². The first kappa shape index (κ1) is 16.3. The topological polar surface area (TPSA) is 63.5 Å². The fourth-order valence-electron chi connectivity index (χ4n) is 2.38. The molecule has 3 aromatic rings. The van der Waals surface area contributed by atoms with Crippen molar-refractivity contribution in [3.05, 3.63) is 65.9 Å². The molecule has 24 heavy (non-hydrogen) atoms. The number of fused-ring (bicyclic) bond motifs is 1. The average Bonchev–Trinajstić information content (AvgIpc) is 2.93. The molecule has 3 rings (SSSR count). The zero-order valence-corrected chi connectivity index (χ0v) is 13.8. The van der Waals surface area contributed by atoms with Crippen LogP contribution in [0.3, 0.4) is 0 Å². The van der Waals surface area contributed by atoms with Crippen LogP contribution >= 0.6 is 0 Å². The summed E-state index contributed by atoms with van der Waals surface area (Å²) in [6, 6.07) is 11.6. The lowest BCUT2D eigenvalue weighted by molar-refractivity contribution is -0.113. The van der Waals surface area contributed by atoms with Gasteiger partial charge in [-0.3, -0.25) is 9.00 Å². The van der Waals surface area contributed by atoms with Gasteiger partial charge >= 0.3 is 0 Å². The van der Waals surface area contributed by atoms with Crippen LogP contribution in [0.1, 0.15) is 11.4 Å². The van der Waals surface area contributed by atoms with Crippen molar-refractivity contribution < 1.29 is 13.4 Å². The molecule has 1 amide bonds. The summed E-state index contributed by atoms with van der Waals surface area (Å²) in [4.78, 5) is 16.3. The number of nitrogens with one attached hydrogen (secondary N) is 1. The van der Waals surface area contributed by atoms with Gasteiger partial charge in [-0.25, -0.2) is 9.37 Å². The summed E-state index contributed by atoms with van der Waals surface area (Å²) in [6.07, 6.45) is 1.82. The van der Waals surface area contributed by atoms with Gasteiger partial charge in [-0.05, 0) is 31.2 Å². The normalized spacial score (nSPS) is 12.2. The van der Waals surface area contributed by atoms with Crippen molar-refractivity contribution in [1.82, 2.24) is 9.38 Å². The Labute approximate surface area is 141 Å². The summed E-state index contributed by atoms with van der Waals surface area (Å²) in [7, 11) is -1.42. The van der Waals surface area contributed by atoms with E-state index in [1.165, 1.54) is 18.2 Å². The molecule has 0 aliphatic rings. The van der Waals surface area contributed by atoms with Crippen molar-refractivity contribution >= 4 is 28.0 Å². The van der Waals surface area contributed by atoms with Gasteiger partial charge in [0.05, 0.1) is 17.1 Å². The third kappa shape index (κ3) is 3.68. The maximum Gasteiger partial charge on any atom is 0.237 e. The molecule has 0 saturated carbocycles. The van der Waals surface area contributed by atoms with Gasteiger partial charge in [-0.2, -0.15) is 0 Å². The van der Waals surface area contributed by atoms with E-state index in [0.717, 1.165) is 11.3 Å². The zero-order chi connectivity index (χ0) is 17.1. The van der Waals surface area contributed by atoms with E-state index >= 15 is 0 Å². The molecule has 0 bridgehead atoms. The van der Waals surface area contributed by atoms with Crippen LogP contribution in [-0.4, -0.2) is 25.3 Å². The molecular formula is C17H16FN3O2S. The summed E-state index contributed by atoms with van der Waals surface area (Å²) in [5, 5.41) is 2.43. The number of rotatable bonds is 5. The fraction of sp³-hybridized carbons (Fsp3) is 0.176. The van der Waals surface area contributed by atoms with Gasteiger partial charge in [-0.15, -0.1) is 0 Å². The summed E-state index contributed by atoms with van der Waals surface area (Å²) in [6.45, 7) is 1.96. The van der Waals surface area contributed by atoms with Crippen LogP contribution in [-0.2, 0) is 21.3 Å². The van der Waals surface area contributed by atoms with Crippen LogP contribution in [0, 0.1) is 12.7 Å². The minimum atomic E-state index is -1.42. The average molecular weight is 345 g/mol. The van der Waals surface area contributed by atoms with Crippen molar-refractivity contribution in [2.45, 2.75) is 12.7 Å². The number of nitrogens with zero attached hydrogens (tertiary/aromatic N) is 2. The number of para-hydroxylation sites is 1. The van der Waals surface area contributed by atoms with E-state index in [-0.39, 0.29) is 17.2 Å². The summed E-state index contributed by atoms with van der Waals surface area (Å²) in [5.41, 5.74) is 2.54. The van der Waals surface area contributed by atoms with Crippen LogP contribution in [0.5, 0.6) is 0 Å². The third-order valence-corrected chi connectivity index (χ3v) is 4.70. The lowest BCUT2D eigenvalue weighted by Crippen LogP contribution is -2.20. The predicted molar refractivity (Wildman–Crippen MR) is 91.7 cm³/mol. The SMILES string of the molecule is Cc1cccc2nc(CS(=O)CC(=O)Nc3ccccc3F)cn12. The highest BCUT2D eigenvalue weighted by Crippen LogP contribution is 2.13. The monoisotopic (exact) mass is 345 g/mol. The second kappa shape index (κ2) is 6.92. The molecule has 1 aromatic carbocycles. The highest BCUT2D eigenvalue weighted by atomic mass is 32.2. The Kier molecular flexibility index (Phi) is 4.71. The smallest absolute Gasteiger partial charge is 0.237 e. The van der Waals surface area contributed by atoms with Crippen molar-refractivity contribution in [2.75, 3.05) is 11.1 Å². The Balaban J connectivity index is 1.63. The number of aryl methyl sites for hydroxylation is 1. The first-order chi connectivity index (χ1) is 11.5. The van der Waals surface area contributed by atoms with E-state index in [1.54, 1.807) is 6.07 Å². The summed E-state index contributed by atoms with van der Waals surface area (Å²) in [5.74, 6) is -1.04. The number of hydrogen-bond donors (Lipinski definition) is 1. The Morgan fingerprint density at radius 2 is 2.04 bits per heavy atom. The van der Waals surface area contributed by atoms with Crippen molar-refractivity contribution in [1.29, 1.82) is 0 Å². The Morgan fingerprint density at radius 1 is 1.25 bits per heavy atom. The molecule has 1 unspecified atom stereocenters. The molecule has 2 heterocycles. The number of imidazole rings is 1. The molecule has 0 radical (unpaired) electrons. The van der Waals surface area contributed by atoms with E-state index in [9.17, 15) is 13.4 Å². The Bertz CT molecular complexity index is 923. The number of benzene rings is 1. The number of hydrogen-bond acceptors (Lipinski definition) is 3. The first-order valence-corrected chi connectivity index (χ1v) is 8.84. The van der Waals surface area contributed by atoms with Gasteiger partial charge in [0, 0.05) is 22.7 Å². The van der Waals surface area contributed by atoms with E-state index in [1.807, 2.05) is 35.7 Å². The van der Waals surface area contributed by atoms with Crippen molar-refractivity contribution in [3.8, 4) is 0 Å². The van der Waals surface area contributed by atoms with Gasteiger partial charge in [0.2, 0.25) is 5.91 Å². The summed E-state index contributed by atoms with van der Waals surface area (Å²) >= 11 is 0. The highest BCUT2D eigenvalue weighted by Gasteiger charge is 2.13. The molecule has 1 N–H and O–H groups in total. The minimum absolute atomic E-state index is 0.0860. The first-order valence-electron chi connectivity index (χ1n) is 7.36. The molecule has 7 heteroatoms. The van der Waals surface area contributed by atoms with Crippen molar-refractivity contribution in [2.24, 2.45) is 0 Å². The van der Waals surface area contributed by atoms with E-state index in [4.69, 9.17) is 0 Å². The molecule has 0 fully saturated rings. The standard InChI is InChI=1S/C17H16FN3O2S/c1-12-5-4-8-16-19-13(9-21(12)16)10-24(23)11-17(22)20-15-7-3-2-6-14(15)18/h2-9H,10-11H2,1H3,(H,20,22). The van der Waals surface area contributed by atoms with E-state index < -0.39 is 22.5 Å². The van der Waals surface area contributed by atoms with Gasteiger partial charge in [0.25, 0.3) is 0 Å². The van der Waals surface area contributed by atoms with Gasteiger partial charge in [0.1, 0.15) is 17.2 Å². The fourth-order valence-corrected chi connectivity index (χ4v) is 3.32. The molecule has 0 spiro atoms. The quantitative estimate of drug-likeness (QED) is 0.773. The lowest BCUT2D eigenvalue weighted by Gasteiger charge is -2.05. The van der Waals surface area contributed by atoms with Crippen LogP contribution in [0.4, 0.5) is 10.1 Å². The number of pyridine rings is 1. The highest BCUT2D eigenvalue weighted by molar-refractivity contribution is 7.84. The lowest BCUT2D eigenvalue weighted by atomic mass is 10.3. The largest absolute Gasteiger partial charge is 0.323 e. The van der Waals surface area contributed by atoms with E-state index in [2.05, 4.69) is 10.3 Å². The molecule has 0 aliphatic heterocycles. The number of aromatic nitrogens is 2. The number of anilines is 1. The molecule has 5 nitrogen and oxygen atoms in total. The molecule has 0 saturated heterocycles. The predicted octanol–water partition coefficient (Wildman–Crippen LogP) is 2.67. The number of carbonyl (C=O) groups excluding carboxylic acids is 1.